The number of esters is 1. The number of amides is 2. The summed E-state index contributed by atoms with van der Waals surface area (Å²) in [5.74, 6) is -1.65. The first kappa shape index (κ1) is 37.8. The molecule has 2 atom stereocenters. The van der Waals surface area contributed by atoms with Crippen molar-refractivity contribution in [1.82, 2.24) is 30.6 Å². The van der Waals surface area contributed by atoms with E-state index in [1.807, 2.05) is 97.0 Å². The molecule has 4 N–H and O–H groups in total. The smallest absolute Gasteiger partial charge is 0.397 e. The summed E-state index contributed by atoms with van der Waals surface area (Å²) in [4.78, 5) is 65.5. The van der Waals surface area contributed by atoms with Crippen molar-refractivity contribution in [3.8, 4) is 33.6 Å². The third-order valence-electron chi connectivity index (χ3n) is 8.06. The maximum Gasteiger partial charge on any atom is 0.397 e. The number of benzene rings is 2. The van der Waals surface area contributed by atoms with Crippen molar-refractivity contribution in [1.29, 1.82) is 0 Å². The van der Waals surface area contributed by atoms with Gasteiger partial charge in [-0.15, -0.1) is 0 Å². The van der Waals surface area contributed by atoms with Gasteiger partial charge in [0.25, 0.3) is 5.91 Å². The van der Waals surface area contributed by atoms with Crippen LogP contribution >= 0.6 is 0 Å². The SMILES string of the molecule is CCCC(=O)C(=O)N[C@H](c1ncc(-c2ccc(-c3ccc(-c4cnc([C@@H](NC(=O)C(=O)OC(C)(C)C)C(C)(C)C)[nH]4)cc3)cc2)[nH]1)C(C)(C)C. The topological polar surface area (TPSA) is 159 Å². The number of rotatable bonds is 10. The van der Waals surface area contributed by atoms with E-state index in [4.69, 9.17) is 4.74 Å². The number of H-pyrrole nitrogens is 2. The fourth-order valence-corrected chi connectivity index (χ4v) is 5.40. The number of hydrogen-bond acceptors (Lipinski definition) is 7. The molecule has 0 fully saturated rings. The van der Waals surface area contributed by atoms with E-state index >= 15 is 0 Å². The zero-order valence-corrected chi connectivity index (χ0v) is 30.8. The molecule has 0 aliphatic carbocycles. The number of carbonyl (C=O) groups is 4. The molecular weight excluding hydrogens is 632 g/mol. The Kier molecular flexibility index (Phi) is 11.2. The molecule has 50 heavy (non-hydrogen) atoms. The first-order valence-corrected chi connectivity index (χ1v) is 17.0. The van der Waals surface area contributed by atoms with E-state index in [0.29, 0.717) is 18.1 Å². The number of aromatic amines is 2. The normalized spacial score (nSPS) is 13.3. The van der Waals surface area contributed by atoms with Crippen LogP contribution in [0.1, 0.15) is 106 Å². The molecule has 2 heterocycles. The minimum Gasteiger partial charge on any atom is -0.453 e. The molecule has 0 bridgehead atoms. The number of ether oxygens (including phenoxy) is 1. The molecular formula is C39H50N6O5. The van der Waals surface area contributed by atoms with Crippen molar-refractivity contribution < 1.29 is 23.9 Å². The van der Waals surface area contributed by atoms with Crippen molar-refractivity contribution in [2.75, 3.05) is 0 Å². The van der Waals surface area contributed by atoms with Crippen LogP contribution in [0, 0.1) is 10.8 Å². The Bertz CT molecular complexity index is 1820. The van der Waals surface area contributed by atoms with Gasteiger partial charge in [0.2, 0.25) is 5.78 Å². The number of imidazole rings is 2. The predicted molar refractivity (Wildman–Crippen MR) is 193 cm³/mol. The Morgan fingerprint density at radius 1 is 0.640 bits per heavy atom. The van der Waals surface area contributed by atoms with Gasteiger partial charge in [-0.05, 0) is 60.3 Å². The maximum absolute atomic E-state index is 12.7. The van der Waals surface area contributed by atoms with E-state index in [1.54, 1.807) is 33.2 Å². The highest BCUT2D eigenvalue weighted by Crippen LogP contribution is 2.34. The quantitative estimate of drug-likeness (QED) is 0.101. The minimum atomic E-state index is -0.937. The predicted octanol–water partition coefficient (Wildman–Crippen LogP) is 7.25. The fraction of sp³-hybridized carbons (Fsp3) is 0.436. The third kappa shape index (κ3) is 9.55. The molecule has 0 radical (unpaired) electrons. The molecule has 0 saturated carbocycles. The number of nitrogens with one attached hydrogen (secondary N) is 4. The summed E-state index contributed by atoms with van der Waals surface area (Å²) in [6, 6.07) is 15.1. The summed E-state index contributed by atoms with van der Waals surface area (Å²) in [5, 5.41) is 5.67. The highest BCUT2D eigenvalue weighted by Gasteiger charge is 2.34. The lowest BCUT2D eigenvalue weighted by molar-refractivity contribution is -0.164. The van der Waals surface area contributed by atoms with E-state index in [1.165, 1.54) is 0 Å². The average Bonchev–Trinajstić information content (AvgIpc) is 3.71. The van der Waals surface area contributed by atoms with Crippen molar-refractivity contribution in [3.63, 3.8) is 0 Å². The lowest BCUT2D eigenvalue weighted by atomic mass is 9.86. The number of Topliss-reactive ketones (excluding diaryl/α,β-unsaturated/α-hetero) is 1. The van der Waals surface area contributed by atoms with E-state index in [9.17, 15) is 19.2 Å². The summed E-state index contributed by atoms with van der Waals surface area (Å²) in [7, 11) is 0. The molecule has 0 spiro atoms. The standard InChI is InChI=1S/C39H50N6O5/c1-11-12-29(46)34(47)44-30(37(2,3)4)32-40-21-27(42-32)25-17-13-23(14-18-25)24-15-19-26(20-16-24)28-22-41-33(43-28)31(38(5,6)7)45-35(48)36(49)50-39(8,9)10/h13-22,30-31H,11-12H2,1-10H3,(H,40,42)(H,41,43)(H,44,47)(H,45,48)/t30-,31-/m1/s1. The van der Waals surface area contributed by atoms with E-state index in [0.717, 1.165) is 33.6 Å². The summed E-state index contributed by atoms with van der Waals surface area (Å²) in [6.45, 7) is 18.9. The van der Waals surface area contributed by atoms with Crippen LogP contribution in [0.4, 0.5) is 0 Å². The van der Waals surface area contributed by atoms with E-state index in [2.05, 4.69) is 30.6 Å². The van der Waals surface area contributed by atoms with Gasteiger partial charge in [-0.3, -0.25) is 14.4 Å². The molecule has 11 nitrogen and oxygen atoms in total. The van der Waals surface area contributed by atoms with Crippen LogP contribution in [0.5, 0.6) is 0 Å². The van der Waals surface area contributed by atoms with Gasteiger partial charge in [0.05, 0.1) is 35.9 Å². The van der Waals surface area contributed by atoms with E-state index in [-0.39, 0.29) is 11.8 Å². The zero-order chi connectivity index (χ0) is 37.0. The second-order valence-corrected chi connectivity index (χ2v) is 15.7. The maximum atomic E-state index is 12.7. The van der Waals surface area contributed by atoms with Crippen molar-refractivity contribution in [2.24, 2.45) is 10.8 Å². The highest BCUT2D eigenvalue weighted by atomic mass is 16.6. The Balaban J connectivity index is 1.47. The number of nitrogens with zero attached hydrogens (tertiary/aromatic N) is 2. The average molecular weight is 683 g/mol. The van der Waals surface area contributed by atoms with Crippen LogP contribution in [0.15, 0.2) is 60.9 Å². The molecule has 4 aromatic rings. The van der Waals surface area contributed by atoms with Crippen LogP contribution in [0.2, 0.25) is 0 Å². The lowest BCUT2D eigenvalue weighted by Gasteiger charge is -2.30. The molecule has 0 unspecified atom stereocenters. The first-order valence-electron chi connectivity index (χ1n) is 17.0. The molecule has 4 rings (SSSR count). The van der Waals surface area contributed by atoms with Crippen molar-refractivity contribution in [3.05, 3.63) is 72.6 Å². The third-order valence-corrected chi connectivity index (χ3v) is 8.06. The Morgan fingerprint density at radius 3 is 1.38 bits per heavy atom. The number of ketones is 1. The lowest BCUT2D eigenvalue weighted by Crippen LogP contribution is -2.43. The van der Waals surface area contributed by atoms with Gasteiger partial charge in [0.15, 0.2) is 0 Å². The summed E-state index contributed by atoms with van der Waals surface area (Å²) >= 11 is 0. The Hall–Kier alpha value is -5.06. The molecule has 2 aromatic carbocycles. The van der Waals surface area contributed by atoms with Crippen LogP contribution in [-0.2, 0) is 23.9 Å². The van der Waals surface area contributed by atoms with Gasteiger partial charge < -0.3 is 25.3 Å². The molecule has 0 aliphatic rings. The largest absolute Gasteiger partial charge is 0.453 e. The summed E-state index contributed by atoms with van der Waals surface area (Å²) in [6.07, 6.45) is 4.28. The minimum absolute atomic E-state index is 0.211. The molecule has 266 valence electrons. The van der Waals surface area contributed by atoms with Crippen molar-refractivity contribution in [2.45, 2.75) is 99.8 Å². The molecule has 2 aromatic heterocycles. The van der Waals surface area contributed by atoms with Gasteiger partial charge in [-0.25, -0.2) is 14.8 Å². The fourth-order valence-electron chi connectivity index (χ4n) is 5.40. The highest BCUT2D eigenvalue weighted by molar-refractivity contribution is 6.36. The Morgan fingerprint density at radius 2 is 1.02 bits per heavy atom. The molecule has 0 saturated heterocycles. The summed E-state index contributed by atoms with van der Waals surface area (Å²) < 4.78 is 5.24. The van der Waals surface area contributed by atoms with Crippen LogP contribution in [0.25, 0.3) is 33.6 Å². The molecule has 0 aliphatic heterocycles. The number of hydrogen-bond donors (Lipinski definition) is 4. The number of carbonyl (C=O) groups excluding carboxylic acids is 4. The monoisotopic (exact) mass is 682 g/mol. The van der Waals surface area contributed by atoms with Gasteiger partial charge in [0, 0.05) is 6.42 Å². The van der Waals surface area contributed by atoms with Crippen LogP contribution in [0.3, 0.4) is 0 Å². The Labute approximate surface area is 294 Å². The van der Waals surface area contributed by atoms with E-state index < -0.39 is 46.7 Å². The van der Waals surface area contributed by atoms with Crippen molar-refractivity contribution >= 4 is 23.6 Å². The molecule has 2 amide bonds. The van der Waals surface area contributed by atoms with Gasteiger partial charge in [0.1, 0.15) is 17.2 Å². The van der Waals surface area contributed by atoms with Gasteiger partial charge in [-0.2, -0.15) is 0 Å². The summed E-state index contributed by atoms with van der Waals surface area (Å²) in [5.41, 5.74) is 3.87. The van der Waals surface area contributed by atoms with Gasteiger partial charge in [-0.1, -0.05) is 97.0 Å². The number of aromatic nitrogens is 4. The second kappa shape index (κ2) is 14.8. The second-order valence-electron chi connectivity index (χ2n) is 15.7. The first-order chi connectivity index (χ1) is 23.3. The zero-order valence-electron chi connectivity index (χ0n) is 30.8. The van der Waals surface area contributed by atoms with Crippen LogP contribution in [-0.4, -0.2) is 49.1 Å². The molecule has 11 heteroatoms. The van der Waals surface area contributed by atoms with Crippen LogP contribution < -0.4 is 10.6 Å². The van der Waals surface area contributed by atoms with Gasteiger partial charge >= 0.3 is 11.9 Å².